The maximum Gasteiger partial charge on any atom is 0.223 e. The SMILES string of the molecule is CC(=O)N1CCCN(CC(C)C)CCN(C(=O)CCc2cc(C3CCCN(S(C)(=O)=O)C3)nc(C)n2)Cc2ccccc21. The molecule has 0 aliphatic carbocycles. The maximum absolute atomic E-state index is 13.8. The van der Waals surface area contributed by atoms with Crippen LogP contribution in [0.4, 0.5) is 5.69 Å². The van der Waals surface area contributed by atoms with Crippen molar-refractivity contribution in [3.8, 4) is 0 Å². The highest BCUT2D eigenvalue weighted by Crippen LogP contribution is 2.28. The van der Waals surface area contributed by atoms with Crippen LogP contribution in [0.15, 0.2) is 30.3 Å². The minimum atomic E-state index is -3.26. The first-order valence-corrected chi connectivity index (χ1v) is 17.4. The molecule has 0 radical (unpaired) electrons. The average Bonchev–Trinajstić information content (AvgIpc) is 2.98. The number of piperidine rings is 1. The third-order valence-electron chi connectivity index (χ3n) is 8.32. The molecular weight excluding hydrogens is 564 g/mol. The number of aryl methyl sites for hydroxylation is 2. The lowest BCUT2D eigenvalue weighted by molar-refractivity contribution is -0.132. The summed E-state index contributed by atoms with van der Waals surface area (Å²) in [5.41, 5.74) is 3.49. The fourth-order valence-corrected chi connectivity index (χ4v) is 7.16. The maximum atomic E-state index is 13.8. The number of carbonyl (C=O) groups is 2. The summed E-state index contributed by atoms with van der Waals surface area (Å²) in [5.74, 6) is 1.20. The standard InChI is InChI=1S/C32H48N6O4S/c1-24(2)21-35-15-9-17-38(26(4)39)31-12-7-6-10-28(31)22-36(19-18-35)32(40)14-13-29-20-30(34-25(3)33-29)27-11-8-16-37(23-27)43(5,41)42/h6-7,10,12,20,24,27H,8-9,11,13-19,21-23H2,1-5H3. The summed E-state index contributed by atoms with van der Waals surface area (Å²) in [4.78, 5) is 41.9. The van der Waals surface area contributed by atoms with E-state index in [1.165, 1.54) is 10.6 Å². The van der Waals surface area contributed by atoms with E-state index >= 15 is 0 Å². The molecule has 1 aromatic heterocycles. The number of para-hydroxylation sites is 1. The Hall–Kier alpha value is -2.89. The fourth-order valence-electron chi connectivity index (χ4n) is 6.25. The molecule has 1 aromatic carbocycles. The van der Waals surface area contributed by atoms with E-state index in [1.54, 1.807) is 6.92 Å². The molecule has 0 bridgehead atoms. The van der Waals surface area contributed by atoms with Crippen LogP contribution in [0, 0.1) is 12.8 Å². The van der Waals surface area contributed by atoms with E-state index in [-0.39, 0.29) is 17.7 Å². The van der Waals surface area contributed by atoms with Gasteiger partial charge >= 0.3 is 0 Å². The monoisotopic (exact) mass is 612 g/mol. The van der Waals surface area contributed by atoms with Crippen LogP contribution < -0.4 is 4.90 Å². The third kappa shape index (κ3) is 9.30. The fraction of sp³-hybridized carbons (Fsp3) is 0.625. The Balaban J connectivity index is 1.52. The van der Waals surface area contributed by atoms with Gasteiger partial charge in [0.25, 0.3) is 0 Å². The molecule has 1 fully saturated rings. The summed E-state index contributed by atoms with van der Waals surface area (Å²) in [6.45, 7) is 13.1. The van der Waals surface area contributed by atoms with Crippen molar-refractivity contribution in [2.75, 3.05) is 57.0 Å². The number of benzene rings is 1. The summed E-state index contributed by atoms with van der Waals surface area (Å²) >= 11 is 0. The summed E-state index contributed by atoms with van der Waals surface area (Å²) in [5, 5.41) is 0. The zero-order chi connectivity index (χ0) is 31.1. The van der Waals surface area contributed by atoms with Crippen molar-refractivity contribution in [3.63, 3.8) is 0 Å². The van der Waals surface area contributed by atoms with Crippen LogP contribution in [-0.2, 0) is 32.6 Å². The van der Waals surface area contributed by atoms with Crippen LogP contribution in [0.2, 0.25) is 0 Å². The number of anilines is 1. The predicted octanol–water partition coefficient (Wildman–Crippen LogP) is 3.60. The molecule has 3 heterocycles. The van der Waals surface area contributed by atoms with Crippen LogP contribution in [0.5, 0.6) is 0 Å². The van der Waals surface area contributed by atoms with Gasteiger partial charge in [0.15, 0.2) is 0 Å². The lowest BCUT2D eigenvalue weighted by Crippen LogP contribution is -2.40. The zero-order valence-corrected chi connectivity index (χ0v) is 27.3. The number of rotatable bonds is 7. The summed E-state index contributed by atoms with van der Waals surface area (Å²) in [7, 11) is -3.26. The van der Waals surface area contributed by atoms with E-state index in [4.69, 9.17) is 0 Å². The van der Waals surface area contributed by atoms with Crippen molar-refractivity contribution in [1.29, 1.82) is 0 Å². The number of amides is 2. The number of carbonyl (C=O) groups excluding carboxylic acids is 2. The second-order valence-electron chi connectivity index (χ2n) is 12.5. The molecule has 2 aromatic rings. The Kier molecular flexibility index (Phi) is 11.3. The molecular formula is C32H48N6O4S. The molecule has 2 amide bonds. The van der Waals surface area contributed by atoms with Gasteiger partial charge in [0.05, 0.1) is 6.26 Å². The lowest BCUT2D eigenvalue weighted by Gasteiger charge is -2.30. The molecule has 0 saturated carbocycles. The summed E-state index contributed by atoms with van der Waals surface area (Å²) < 4.78 is 25.9. The Labute approximate surface area is 257 Å². The molecule has 0 spiro atoms. The van der Waals surface area contributed by atoms with Crippen molar-refractivity contribution >= 4 is 27.5 Å². The molecule has 0 N–H and O–H groups in total. The van der Waals surface area contributed by atoms with Crippen LogP contribution in [0.25, 0.3) is 0 Å². The first-order chi connectivity index (χ1) is 20.4. The number of hydrogen-bond acceptors (Lipinski definition) is 7. The molecule has 2 aliphatic rings. The van der Waals surface area contributed by atoms with E-state index in [1.807, 2.05) is 47.1 Å². The van der Waals surface area contributed by atoms with E-state index in [2.05, 4.69) is 28.7 Å². The van der Waals surface area contributed by atoms with Crippen LogP contribution in [0.1, 0.15) is 75.1 Å². The normalized spacial score (nSPS) is 19.6. The van der Waals surface area contributed by atoms with E-state index < -0.39 is 10.0 Å². The van der Waals surface area contributed by atoms with E-state index in [9.17, 15) is 18.0 Å². The quantitative estimate of drug-likeness (QED) is 0.470. The summed E-state index contributed by atoms with van der Waals surface area (Å²) in [6, 6.07) is 9.85. The smallest absolute Gasteiger partial charge is 0.223 e. The largest absolute Gasteiger partial charge is 0.337 e. The highest BCUT2D eigenvalue weighted by Gasteiger charge is 2.28. The molecule has 2 aliphatic heterocycles. The Morgan fingerprint density at radius 1 is 1.02 bits per heavy atom. The topological polar surface area (TPSA) is 107 Å². The molecule has 10 nitrogen and oxygen atoms in total. The van der Waals surface area contributed by atoms with Crippen molar-refractivity contribution < 1.29 is 18.0 Å². The van der Waals surface area contributed by atoms with Crippen molar-refractivity contribution in [3.05, 3.63) is 53.1 Å². The van der Waals surface area contributed by atoms with Gasteiger partial charge in [-0.2, -0.15) is 0 Å². The van der Waals surface area contributed by atoms with Gasteiger partial charge in [0.1, 0.15) is 5.82 Å². The van der Waals surface area contributed by atoms with E-state index in [0.717, 1.165) is 61.5 Å². The second-order valence-corrected chi connectivity index (χ2v) is 14.4. The molecule has 11 heteroatoms. The van der Waals surface area contributed by atoms with Gasteiger partial charge in [-0.25, -0.2) is 22.7 Å². The zero-order valence-electron chi connectivity index (χ0n) is 26.5. The first kappa shape index (κ1) is 33.0. The number of hydrogen-bond donors (Lipinski definition) is 0. The lowest BCUT2D eigenvalue weighted by atomic mass is 9.95. The first-order valence-electron chi connectivity index (χ1n) is 15.6. The van der Waals surface area contributed by atoms with Crippen LogP contribution in [-0.4, -0.2) is 96.4 Å². The average molecular weight is 613 g/mol. The Morgan fingerprint density at radius 2 is 1.79 bits per heavy atom. The van der Waals surface area contributed by atoms with Gasteiger partial charge in [-0.1, -0.05) is 32.0 Å². The Morgan fingerprint density at radius 3 is 2.51 bits per heavy atom. The van der Waals surface area contributed by atoms with Gasteiger partial charge in [0, 0.05) is 82.2 Å². The van der Waals surface area contributed by atoms with Gasteiger partial charge in [-0.3, -0.25) is 9.59 Å². The minimum absolute atomic E-state index is 0.00698. The van der Waals surface area contributed by atoms with Gasteiger partial charge in [0.2, 0.25) is 21.8 Å². The highest BCUT2D eigenvalue weighted by atomic mass is 32.2. The third-order valence-corrected chi connectivity index (χ3v) is 9.59. The summed E-state index contributed by atoms with van der Waals surface area (Å²) in [6.07, 6.45) is 4.57. The molecule has 4 rings (SSSR count). The minimum Gasteiger partial charge on any atom is -0.337 e. The molecule has 43 heavy (non-hydrogen) atoms. The number of aromatic nitrogens is 2. The van der Waals surface area contributed by atoms with Crippen molar-refractivity contribution in [2.45, 2.75) is 72.3 Å². The Bertz CT molecular complexity index is 1380. The molecule has 236 valence electrons. The van der Waals surface area contributed by atoms with Crippen molar-refractivity contribution in [1.82, 2.24) is 24.1 Å². The second kappa shape index (κ2) is 14.7. The van der Waals surface area contributed by atoms with Crippen LogP contribution >= 0.6 is 0 Å². The van der Waals surface area contributed by atoms with Crippen molar-refractivity contribution in [2.24, 2.45) is 5.92 Å². The number of fused-ring (bicyclic) bond motifs is 1. The van der Waals surface area contributed by atoms with E-state index in [0.29, 0.717) is 57.3 Å². The van der Waals surface area contributed by atoms with Gasteiger partial charge in [-0.15, -0.1) is 0 Å². The highest BCUT2D eigenvalue weighted by molar-refractivity contribution is 7.88. The molecule has 1 saturated heterocycles. The number of sulfonamides is 1. The molecule has 1 unspecified atom stereocenters. The molecule has 1 atom stereocenters. The predicted molar refractivity (Wildman–Crippen MR) is 169 cm³/mol. The van der Waals surface area contributed by atoms with Gasteiger partial charge < -0.3 is 14.7 Å². The number of nitrogens with zero attached hydrogens (tertiary/aromatic N) is 6. The van der Waals surface area contributed by atoms with Gasteiger partial charge in [-0.05, 0) is 62.8 Å². The van der Waals surface area contributed by atoms with Crippen LogP contribution in [0.3, 0.4) is 0 Å².